The van der Waals surface area contributed by atoms with Crippen molar-refractivity contribution in [2.45, 2.75) is 31.2 Å². The molecule has 12 heteroatoms. The second kappa shape index (κ2) is 6.56. The number of aromatic nitrogens is 4. The Kier molecular flexibility index (Phi) is 4.34. The Morgan fingerprint density at radius 3 is 2.85 bits per heavy atom. The van der Waals surface area contributed by atoms with Crippen molar-refractivity contribution in [3.63, 3.8) is 0 Å². The van der Waals surface area contributed by atoms with Crippen molar-refractivity contribution >= 4 is 28.4 Å². The molecule has 144 valence electrons. The Morgan fingerprint density at radius 2 is 2.22 bits per heavy atom. The minimum absolute atomic E-state index is 0.0683. The summed E-state index contributed by atoms with van der Waals surface area (Å²) < 4.78 is 21.5. The van der Waals surface area contributed by atoms with Gasteiger partial charge in [-0.15, -0.1) is 11.3 Å². The lowest BCUT2D eigenvalue weighted by Crippen LogP contribution is -2.34. The van der Waals surface area contributed by atoms with Crippen molar-refractivity contribution in [1.82, 2.24) is 19.1 Å². The molecule has 27 heavy (non-hydrogen) atoms. The Bertz CT molecular complexity index is 1090. The Morgan fingerprint density at radius 1 is 1.44 bits per heavy atom. The zero-order chi connectivity index (χ0) is 19.3. The highest BCUT2D eigenvalue weighted by Crippen LogP contribution is 2.32. The SMILES string of the molecule is Nc1nc2c(c(=O)[nH]1)n(Cc1cccs1)c(=O)n2[C@@H]1O[C@H](CO)[C@@H](F)[C@H]1O. The molecule has 1 aliphatic rings. The highest BCUT2D eigenvalue weighted by Gasteiger charge is 2.46. The third-order valence-electron chi connectivity index (χ3n) is 4.45. The number of aromatic amines is 1. The van der Waals surface area contributed by atoms with Crippen LogP contribution in [-0.2, 0) is 11.3 Å². The van der Waals surface area contributed by atoms with E-state index in [1.54, 1.807) is 12.1 Å². The number of hydrogen-bond donors (Lipinski definition) is 4. The van der Waals surface area contributed by atoms with Gasteiger partial charge < -0.3 is 20.7 Å². The molecule has 3 aromatic rings. The number of nitrogens with one attached hydrogen (secondary N) is 1. The van der Waals surface area contributed by atoms with Crippen LogP contribution in [-0.4, -0.2) is 54.3 Å². The number of hydrogen-bond acceptors (Lipinski definition) is 8. The van der Waals surface area contributed by atoms with Crippen molar-refractivity contribution in [1.29, 1.82) is 0 Å². The Hall–Kier alpha value is -2.54. The van der Waals surface area contributed by atoms with Crippen molar-refractivity contribution in [3.8, 4) is 0 Å². The van der Waals surface area contributed by atoms with Gasteiger partial charge in [-0.1, -0.05) is 6.07 Å². The highest BCUT2D eigenvalue weighted by molar-refractivity contribution is 7.09. The molecular weight excluding hydrogens is 381 g/mol. The number of aliphatic hydroxyl groups is 2. The van der Waals surface area contributed by atoms with Gasteiger partial charge in [0.05, 0.1) is 13.2 Å². The molecule has 0 aliphatic carbocycles. The van der Waals surface area contributed by atoms with Crippen molar-refractivity contribution in [3.05, 3.63) is 43.2 Å². The van der Waals surface area contributed by atoms with Crippen LogP contribution in [0, 0.1) is 0 Å². The number of halogens is 1. The zero-order valence-electron chi connectivity index (χ0n) is 13.8. The lowest BCUT2D eigenvalue weighted by Gasteiger charge is -2.15. The molecule has 0 bridgehead atoms. The molecule has 1 saturated heterocycles. The number of thiophene rings is 1. The van der Waals surface area contributed by atoms with Crippen LogP contribution >= 0.6 is 11.3 Å². The highest BCUT2D eigenvalue weighted by atomic mass is 32.1. The largest absolute Gasteiger partial charge is 0.394 e. The molecule has 0 unspecified atom stereocenters. The smallest absolute Gasteiger partial charge is 0.333 e. The fourth-order valence-electron chi connectivity index (χ4n) is 3.20. The molecule has 3 aromatic heterocycles. The maximum absolute atomic E-state index is 14.2. The number of aliphatic hydroxyl groups excluding tert-OH is 2. The van der Waals surface area contributed by atoms with Gasteiger partial charge in [-0.25, -0.2) is 13.8 Å². The number of alkyl halides is 1. The first kappa shape index (κ1) is 17.9. The third kappa shape index (κ3) is 2.77. The van der Waals surface area contributed by atoms with Crippen LogP contribution in [0.15, 0.2) is 27.1 Å². The number of fused-ring (bicyclic) bond motifs is 1. The van der Waals surface area contributed by atoms with Gasteiger partial charge in [0, 0.05) is 4.88 Å². The van der Waals surface area contributed by atoms with E-state index in [1.165, 1.54) is 15.9 Å². The molecule has 5 N–H and O–H groups in total. The molecule has 10 nitrogen and oxygen atoms in total. The topological polar surface area (TPSA) is 148 Å². The van der Waals surface area contributed by atoms with Gasteiger partial charge in [-0.3, -0.25) is 14.3 Å². The van der Waals surface area contributed by atoms with Crippen LogP contribution in [0.1, 0.15) is 11.1 Å². The van der Waals surface area contributed by atoms with Crippen molar-refractivity contribution < 1.29 is 19.3 Å². The number of ether oxygens (including phenoxy) is 1. The van der Waals surface area contributed by atoms with E-state index >= 15 is 0 Å². The number of imidazole rings is 1. The summed E-state index contributed by atoms with van der Waals surface area (Å²) in [5.41, 5.74) is 4.04. The van der Waals surface area contributed by atoms with E-state index in [2.05, 4.69) is 9.97 Å². The summed E-state index contributed by atoms with van der Waals surface area (Å²) in [6, 6.07) is 3.59. The number of nitrogen functional groups attached to an aromatic ring is 1. The Labute approximate surface area is 154 Å². The maximum atomic E-state index is 14.2. The standard InChI is InChI=1S/C15H16FN5O5S/c16-8-7(5-22)26-13(10(8)23)21-11-9(12(24)19-14(17)18-11)20(15(21)25)4-6-2-1-3-27-6/h1-3,7-8,10,13,22-23H,4-5H2,(H3,17,18,19,24)/t7-,8-,10-,13-/m1/s1. The third-order valence-corrected chi connectivity index (χ3v) is 5.31. The van der Waals surface area contributed by atoms with Crippen LogP contribution in [0.25, 0.3) is 11.2 Å². The van der Waals surface area contributed by atoms with Crippen molar-refractivity contribution in [2.24, 2.45) is 0 Å². The molecule has 0 aromatic carbocycles. The molecule has 0 spiro atoms. The summed E-state index contributed by atoms with van der Waals surface area (Å²) in [7, 11) is 0. The van der Waals surface area contributed by atoms with Gasteiger partial charge in [0.1, 0.15) is 12.2 Å². The predicted octanol–water partition coefficient (Wildman–Crippen LogP) is -0.833. The van der Waals surface area contributed by atoms with E-state index in [0.717, 1.165) is 9.44 Å². The first-order valence-corrected chi connectivity index (χ1v) is 8.91. The number of rotatable bonds is 4. The fraction of sp³-hybridized carbons (Fsp3) is 0.400. The first-order chi connectivity index (χ1) is 12.9. The number of nitrogens with zero attached hydrogens (tertiary/aromatic N) is 3. The summed E-state index contributed by atoms with van der Waals surface area (Å²) in [5, 5.41) is 21.2. The zero-order valence-corrected chi connectivity index (χ0v) is 14.6. The molecule has 4 rings (SSSR count). The lowest BCUT2D eigenvalue weighted by molar-refractivity contribution is -0.0513. The molecule has 0 radical (unpaired) electrons. The summed E-state index contributed by atoms with van der Waals surface area (Å²) in [5.74, 6) is -0.238. The van der Waals surface area contributed by atoms with Crippen LogP contribution < -0.4 is 17.0 Å². The van der Waals surface area contributed by atoms with Crippen molar-refractivity contribution in [2.75, 3.05) is 12.3 Å². The van der Waals surface area contributed by atoms with E-state index in [0.29, 0.717) is 0 Å². The van der Waals surface area contributed by atoms with Gasteiger partial charge in [-0.2, -0.15) is 4.98 Å². The summed E-state index contributed by atoms with van der Waals surface area (Å²) >= 11 is 1.39. The van der Waals surface area contributed by atoms with Gasteiger partial charge in [0.2, 0.25) is 5.95 Å². The number of anilines is 1. The van der Waals surface area contributed by atoms with Gasteiger partial charge in [0.25, 0.3) is 5.56 Å². The summed E-state index contributed by atoms with van der Waals surface area (Å²) in [6.45, 7) is -0.590. The summed E-state index contributed by atoms with van der Waals surface area (Å²) in [4.78, 5) is 32.6. The molecule has 1 aliphatic heterocycles. The molecule has 4 heterocycles. The fourth-order valence-corrected chi connectivity index (χ4v) is 3.90. The Balaban J connectivity index is 1.94. The normalized spacial score (nSPS) is 25.4. The molecular formula is C15H16FN5O5S. The van der Waals surface area contributed by atoms with Crippen LogP contribution in [0.4, 0.5) is 10.3 Å². The first-order valence-electron chi connectivity index (χ1n) is 8.03. The van der Waals surface area contributed by atoms with Gasteiger partial charge in [0.15, 0.2) is 23.6 Å². The molecule has 0 saturated carbocycles. The van der Waals surface area contributed by atoms with Crippen LogP contribution in [0.2, 0.25) is 0 Å². The van der Waals surface area contributed by atoms with E-state index in [1.807, 2.05) is 5.38 Å². The van der Waals surface area contributed by atoms with Crippen LogP contribution in [0.5, 0.6) is 0 Å². The van der Waals surface area contributed by atoms with E-state index in [-0.39, 0.29) is 23.7 Å². The number of nitrogens with two attached hydrogens (primary N) is 1. The molecule has 1 fully saturated rings. The van der Waals surface area contributed by atoms with Gasteiger partial charge >= 0.3 is 5.69 Å². The minimum Gasteiger partial charge on any atom is -0.394 e. The van der Waals surface area contributed by atoms with Crippen LogP contribution in [0.3, 0.4) is 0 Å². The van der Waals surface area contributed by atoms with Gasteiger partial charge in [-0.05, 0) is 11.4 Å². The predicted molar refractivity (Wildman–Crippen MR) is 94.3 cm³/mol. The summed E-state index contributed by atoms with van der Waals surface area (Å²) in [6.07, 6.45) is -6.37. The lowest BCUT2D eigenvalue weighted by atomic mass is 10.1. The quantitative estimate of drug-likeness (QED) is 0.449. The average molecular weight is 397 g/mol. The minimum atomic E-state index is -1.90. The monoisotopic (exact) mass is 397 g/mol. The van der Waals surface area contributed by atoms with E-state index in [9.17, 15) is 24.2 Å². The molecule has 0 amide bonds. The second-order valence-electron chi connectivity index (χ2n) is 6.12. The van der Waals surface area contributed by atoms with E-state index in [4.69, 9.17) is 10.5 Å². The second-order valence-corrected chi connectivity index (χ2v) is 7.16. The molecule has 4 atom stereocenters. The average Bonchev–Trinajstić information content (AvgIpc) is 3.30. The maximum Gasteiger partial charge on any atom is 0.333 e. The van der Waals surface area contributed by atoms with E-state index < -0.39 is 42.5 Å². The number of H-pyrrole nitrogens is 1.